The van der Waals surface area contributed by atoms with Gasteiger partial charge in [-0.25, -0.2) is 15.0 Å². The van der Waals surface area contributed by atoms with Crippen molar-refractivity contribution in [3.63, 3.8) is 0 Å². The number of hydrogen-bond acceptors (Lipinski definition) is 7. The number of nitrogens with two attached hydrogens (primary N) is 2. The number of nitrogen functional groups attached to an aromatic ring is 2. The molecule has 0 radical (unpaired) electrons. The third kappa shape index (κ3) is 3.72. The van der Waals surface area contributed by atoms with E-state index >= 15 is 0 Å². The third-order valence-corrected chi connectivity index (χ3v) is 3.23. The minimum atomic E-state index is 0.382. The summed E-state index contributed by atoms with van der Waals surface area (Å²) < 4.78 is 0. The molecule has 0 atom stereocenters. The summed E-state index contributed by atoms with van der Waals surface area (Å²) in [5, 5.41) is 3.79. The van der Waals surface area contributed by atoms with E-state index in [0.29, 0.717) is 22.5 Å². The van der Waals surface area contributed by atoms with Crippen molar-refractivity contribution in [1.29, 1.82) is 0 Å². The molecule has 5 N–H and O–H groups in total. The van der Waals surface area contributed by atoms with E-state index in [2.05, 4.69) is 20.3 Å². The monoisotopic (exact) mass is 276 g/mol. The maximum Gasteiger partial charge on any atom is 0.191 e. The van der Waals surface area contributed by atoms with Crippen molar-refractivity contribution >= 4 is 29.2 Å². The fourth-order valence-electron chi connectivity index (χ4n) is 1.55. The molecular formula is C12H16N6S. The Kier molecular flexibility index (Phi) is 4.40. The molecule has 2 aromatic rings. The van der Waals surface area contributed by atoms with Crippen LogP contribution < -0.4 is 16.8 Å². The van der Waals surface area contributed by atoms with Crippen LogP contribution in [0.15, 0.2) is 29.6 Å². The number of aromatic nitrogens is 3. The number of rotatable bonds is 5. The highest BCUT2D eigenvalue weighted by molar-refractivity contribution is 7.98. The van der Waals surface area contributed by atoms with Gasteiger partial charge in [0, 0.05) is 30.1 Å². The Morgan fingerprint density at radius 1 is 1.26 bits per heavy atom. The molecule has 0 aliphatic carbocycles. The molecule has 7 heteroatoms. The molecule has 0 spiro atoms. The maximum absolute atomic E-state index is 5.64. The predicted molar refractivity (Wildman–Crippen MR) is 78.8 cm³/mol. The van der Waals surface area contributed by atoms with Gasteiger partial charge in [-0.2, -0.15) is 0 Å². The second kappa shape index (κ2) is 6.24. The molecule has 0 aliphatic heterocycles. The van der Waals surface area contributed by atoms with E-state index in [-0.39, 0.29) is 0 Å². The van der Waals surface area contributed by atoms with Crippen molar-refractivity contribution < 1.29 is 0 Å². The first-order valence-electron chi connectivity index (χ1n) is 5.89. The molecule has 0 unspecified atom stereocenters. The SMILES string of the molecule is CCNc1ncccc1CSc1nc(N)cc(N)n1. The molecule has 0 bridgehead atoms. The second-order valence-electron chi connectivity index (χ2n) is 3.83. The third-order valence-electron chi connectivity index (χ3n) is 2.34. The van der Waals surface area contributed by atoms with Crippen LogP contribution in [0.5, 0.6) is 0 Å². The number of nitrogens with one attached hydrogen (secondary N) is 1. The van der Waals surface area contributed by atoms with Crippen LogP contribution in [0.2, 0.25) is 0 Å². The van der Waals surface area contributed by atoms with Gasteiger partial charge in [-0.05, 0) is 13.0 Å². The molecule has 6 nitrogen and oxygen atoms in total. The van der Waals surface area contributed by atoms with Crippen molar-refractivity contribution in [1.82, 2.24) is 15.0 Å². The smallest absolute Gasteiger partial charge is 0.191 e. The van der Waals surface area contributed by atoms with Gasteiger partial charge >= 0.3 is 0 Å². The van der Waals surface area contributed by atoms with Crippen LogP contribution >= 0.6 is 11.8 Å². The number of thioether (sulfide) groups is 1. The molecule has 0 fully saturated rings. The van der Waals surface area contributed by atoms with Gasteiger partial charge in [-0.1, -0.05) is 17.8 Å². The van der Waals surface area contributed by atoms with Gasteiger partial charge in [0.05, 0.1) is 0 Å². The van der Waals surface area contributed by atoms with Crippen LogP contribution in [0.4, 0.5) is 17.5 Å². The van der Waals surface area contributed by atoms with Gasteiger partial charge < -0.3 is 16.8 Å². The molecule has 2 rings (SSSR count). The van der Waals surface area contributed by atoms with E-state index in [4.69, 9.17) is 11.5 Å². The lowest BCUT2D eigenvalue weighted by atomic mass is 10.3. The maximum atomic E-state index is 5.64. The Labute approximate surface area is 116 Å². The van der Waals surface area contributed by atoms with Crippen molar-refractivity contribution in [2.24, 2.45) is 0 Å². The highest BCUT2D eigenvalue weighted by Crippen LogP contribution is 2.24. The number of hydrogen-bond donors (Lipinski definition) is 3. The van der Waals surface area contributed by atoms with E-state index in [1.807, 2.05) is 19.1 Å². The van der Waals surface area contributed by atoms with Gasteiger partial charge in [-0.3, -0.25) is 0 Å². The molecule has 19 heavy (non-hydrogen) atoms. The minimum Gasteiger partial charge on any atom is -0.383 e. The zero-order valence-corrected chi connectivity index (χ0v) is 11.4. The number of anilines is 3. The Hall–Kier alpha value is -2.02. The summed E-state index contributed by atoms with van der Waals surface area (Å²) in [5.41, 5.74) is 12.4. The fraction of sp³-hybridized carbons (Fsp3) is 0.250. The molecule has 0 saturated carbocycles. The zero-order valence-electron chi connectivity index (χ0n) is 10.6. The topological polar surface area (TPSA) is 103 Å². The van der Waals surface area contributed by atoms with Gasteiger partial charge in [0.15, 0.2) is 5.16 Å². The van der Waals surface area contributed by atoms with Crippen LogP contribution in [0.1, 0.15) is 12.5 Å². The average molecular weight is 276 g/mol. The second-order valence-corrected chi connectivity index (χ2v) is 4.77. The summed E-state index contributed by atoms with van der Waals surface area (Å²) in [4.78, 5) is 12.6. The van der Waals surface area contributed by atoms with Gasteiger partial charge in [0.1, 0.15) is 17.5 Å². The van der Waals surface area contributed by atoms with E-state index < -0.39 is 0 Å². The van der Waals surface area contributed by atoms with Crippen molar-refractivity contribution in [3.05, 3.63) is 30.0 Å². The van der Waals surface area contributed by atoms with Crippen LogP contribution in [-0.2, 0) is 5.75 Å². The highest BCUT2D eigenvalue weighted by Gasteiger charge is 2.06. The molecule has 0 aromatic carbocycles. The quantitative estimate of drug-likeness (QED) is 0.564. The van der Waals surface area contributed by atoms with Crippen LogP contribution in [0, 0.1) is 0 Å². The largest absolute Gasteiger partial charge is 0.383 e. The molecule has 100 valence electrons. The van der Waals surface area contributed by atoms with Gasteiger partial charge in [0.2, 0.25) is 0 Å². The summed E-state index contributed by atoms with van der Waals surface area (Å²) in [6.07, 6.45) is 1.77. The first-order chi connectivity index (χ1) is 9.19. The summed E-state index contributed by atoms with van der Waals surface area (Å²) in [7, 11) is 0. The summed E-state index contributed by atoms with van der Waals surface area (Å²) in [5.74, 6) is 2.36. The Morgan fingerprint density at radius 3 is 2.68 bits per heavy atom. The average Bonchev–Trinajstić information content (AvgIpc) is 2.37. The summed E-state index contributed by atoms with van der Waals surface area (Å²) >= 11 is 1.48. The first kappa shape index (κ1) is 13.4. The van der Waals surface area contributed by atoms with Crippen LogP contribution in [0.25, 0.3) is 0 Å². The molecule has 0 saturated heterocycles. The predicted octanol–water partition coefficient (Wildman–Crippen LogP) is 1.76. The normalized spacial score (nSPS) is 10.4. The number of pyridine rings is 1. The van der Waals surface area contributed by atoms with Crippen molar-refractivity contribution in [2.75, 3.05) is 23.3 Å². The van der Waals surface area contributed by atoms with E-state index in [1.54, 1.807) is 6.20 Å². The summed E-state index contributed by atoms with van der Waals surface area (Å²) in [6, 6.07) is 5.47. The molecular weight excluding hydrogens is 260 g/mol. The first-order valence-corrected chi connectivity index (χ1v) is 6.88. The molecule has 0 aliphatic rings. The molecule has 2 heterocycles. The van der Waals surface area contributed by atoms with E-state index in [0.717, 1.165) is 17.9 Å². The lowest BCUT2D eigenvalue weighted by molar-refractivity contribution is 0.983. The standard InChI is InChI=1S/C12H16N6S/c1-2-15-11-8(4-3-5-16-11)7-19-12-17-9(13)6-10(14)18-12/h3-6H,2,7H2,1H3,(H,15,16)(H4,13,14,17,18). The lowest BCUT2D eigenvalue weighted by Gasteiger charge is -2.08. The van der Waals surface area contributed by atoms with Crippen molar-refractivity contribution in [2.45, 2.75) is 17.8 Å². The number of nitrogens with zero attached hydrogens (tertiary/aromatic N) is 3. The van der Waals surface area contributed by atoms with E-state index in [1.165, 1.54) is 17.8 Å². The Bertz CT molecular complexity index is 539. The van der Waals surface area contributed by atoms with Gasteiger partial charge in [-0.15, -0.1) is 0 Å². The fourth-order valence-corrected chi connectivity index (χ4v) is 2.41. The van der Waals surface area contributed by atoms with Crippen LogP contribution in [0.3, 0.4) is 0 Å². The van der Waals surface area contributed by atoms with Gasteiger partial charge in [0.25, 0.3) is 0 Å². The zero-order chi connectivity index (χ0) is 13.7. The Morgan fingerprint density at radius 2 is 2.00 bits per heavy atom. The lowest BCUT2D eigenvalue weighted by Crippen LogP contribution is -2.03. The molecule has 2 aromatic heterocycles. The minimum absolute atomic E-state index is 0.382. The van der Waals surface area contributed by atoms with Crippen molar-refractivity contribution in [3.8, 4) is 0 Å². The van der Waals surface area contributed by atoms with Crippen LogP contribution in [-0.4, -0.2) is 21.5 Å². The highest BCUT2D eigenvalue weighted by atomic mass is 32.2. The van der Waals surface area contributed by atoms with E-state index in [9.17, 15) is 0 Å². The summed E-state index contributed by atoms with van der Waals surface area (Å²) in [6.45, 7) is 2.86. The Balaban J connectivity index is 2.09. The molecule has 0 amide bonds.